The van der Waals surface area contributed by atoms with Gasteiger partial charge in [0.1, 0.15) is 11.9 Å². The van der Waals surface area contributed by atoms with Crippen LogP contribution in [0.4, 0.5) is 4.39 Å². The molecule has 0 N–H and O–H groups in total. The van der Waals surface area contributed by atoms with E-state index in [4.69, 9.17) is 4.74 Å². The molecule has 3 fully saturated rings. The second-order valence-corrected chi connectivity index (χ2v) is 10.7. The molecule has 2 nitrogen and oxygen atoms in total. The van der Waals surface area contributed by atoms with Crippen molar-refractivity contribution < 1.29 is 13.9 Å². The van der Waals surface area contributed by atoms with Crippen LogP contribution in [0, 0.1) is 29.6 Å². The van der Waals surface area contributed by atoms with Crippen LogP contribution in [-0.4, -0.2) is 12.1 Å². The van der Waals surface area contributed by atoms with Crippen LogP contribution in [0.1, 0.15) is 96.0 Å². The van der Waals surface area contributed by atoms with Crippen molar-refractivity contribution in [3.8, 4) is 5.75 Å². The average molecular weight is 415 g/mol. The summed E-state index contributed by atoms with van der Waals surface area (Å²) in [5.74, 6) is 2.98. The number of rotatable bonds is 4. The number of hydrogen-bond donors (Lipinski definition) is 0. The topological polar surface area (TPSA) is 26.3 Å². The summed E-state index contributed by atoms with van der Waals surface area (Å²) in [5.41, 5.74) is 1.34. The zero-order valence-corrected chi connectivity index (χ0v) is 18.8. The van der Waals surface area contributed by atoms with Crippen LogP contribution in [-0.2, 0) is 4.79 Å². The molecule has 0 heterocycles. The van der Waals surface area contributed by atoms with Gasteiger partial charge in [0.25, 0.3) is 0 Å². The molecule has 3 saturated carbocycles. The standard InChI is InChI=1S/C27H39FO2/c1-18-3-7-20(8-4-18)21-11-14-24(15-12-21)30-27(29)25-16-13-23(17-26(25)28)22-9-5-19(2)6-10-22/h11-12,14-15,18-20,22-23,25-26H,3-10,13,16-17H2,1-2H3. The number of halogens is 1. The Bertz CT molecular complexity index is 683. The maximum Gasteiger partial charge on any atom is 0.317 e. The highest BCUT2D eigenvalue weighted by Gasteiger charge is 2.39. The molecule has 0 radical (unpaired) electrons. The van der Waals surface area contributed by atoms with Gasteiger partial charge >= 0.3 is 5.97 Å². The highest BCUT2D eigenvalue weighted by Crippen LogP contribution is 2.42. The Hall–Kier alpha value is -1.38. The zero-order chi connectivity index (χ0) is 21.1. The van der Waals surface area contributed by atoms with E-state index in [2.05, 4.69) is 26.0 Å². The highest BCUT2D eigenvalue weighted by atomic mass is 19.1. The summed E-state index contributed by atoms with van der Waals surface area (Å²) in [6, 6.07) is 7.98. The van der Waals surface area contributed by atoms with E-state index < -0.39 is 12.1 Å². The van der Waals surface area contributed by atoms with E-state index in [0.29, 0.717) is 36.3 Å². The molecule has 0 aliphatic heterocycles. The summed E-state index contributed by atoms with van der Waals surface area (Å²) >= 11 is 0. The van der Waals surface area contributed by atoms with Gasteiger partial charge in [0.15, 0.2) is 0 Å². The Morgan fingerprint density at radius 1 is 0.800 bits per heavy atom. The predicted molar refractivity (Wildman–Crippen MR) is 119 cm³/mol. The van der Waals surface area contributed by atoms with Crippen molar-refractivity contribution in [1.29, 1.82) is 0 Å². The molecule has 30 heavy (non-hydrogen) atoms. The summed E-state index contributed by atoms with van der Waals surface area (Å²) in [6.45, 7) is 4.66. The minimum absolute atomic E-state index is 0.377. The smallest absolute Gasteiger partial charge is 0.317 e. The third kappa shape index (κ3) is 5.26. The number of hydrogen-bond acceptors (Lipinski definition) is 2. The monoisotopic (exact) mass is 414 g/mol. The summed E-state index contributed by atoms with van der Waals surface area (Å²) in [4.78, 5) is 12.7. The molecule has 0 spiro atoms. The van der Waals surface area contributed by atoms with E-state index in [1.807, 2.05) is 12.1 Å². The van der Waals surface area contributed by atoms with Crippen LogP contribution >= 0.6 is 0 Å². The minimum Gasteiger partial charge on any atom is -0.426 e. The fourth-order valence-electron chi connectivity index (χ4n) is 6.19. The summed E-state index contributed by atoms with van der Waals surface area (Å²) < 4.78 is 20.5. The van der Waals surface area contributed by atoms with Gasteiger partial charge in [-0.3, -0.25) is 4.79 Å². The van der Waals surface area contributed by atoms with Gasteiger partial charge in [0, 0.05) is 0 Å². The van der Waals surface area contributed by atoms with Crippen LogP contribution < -0.4 is 4.74 Å². The lowest BCUT2D eigenvalue weighted by molar-refractivity contribution is -0.143. The number of carbonyl (C=O) groups excluding carboxylic acids is 1. The van der Waals surface area contributed by atoms with Crippen molar-refractivity contribution in [2.45, 2.75) is 96.6 Å². The van der Waals surface area contributed by atoms with Crippen molar-refractivity contribution in [3.63, 3.8) is 0 Å². The zero-order valence-electron chi connectivity index (χ0n) is 18.8. The van der Waals surface area contributed by atoms with Gasteiger partial charge < -0.3 is 4.74 Å². The van der Waals surface area contributed by atoms with Crippen LogP contribution in [0.2, 0.25) is 0 Å². The van der Waals surface area contributed by atoms with Crippen molar-refractivity contribution in [3.05, 3.63) is 29.8 Å². The molecular weight excluding hydrogens is 375 g/mol. The van der Waals surface area contributed by atoms with Gasteiger partial charge in [0.2, 0.25) is 0 Å². The Morgan fingerprint density at radius 3 is 1.97 bits per heavy atom. The number of carbonyl (C=O) groups is 1. The molecule has 3 aliphatic rings. The second-order valence-electron chi connectivity index (χ2n) is 10.7. The third-order valence-electron chi connectivity index (χ3n) is 8.43. The maximum atomic E-state index is 14.9. The van der Waals surface area contributed by atoms with Crippen molar-refractivity contribution >= 4 is 5.97 Å². The quantitative estimate of drug-likeness (QED) is 0.377. The van der Waals surface area contributed by atoms with Crippen LogP contribution in [0.25, 0.3) is 0 Å². The summed E-state index contributed by atoms with van der Waals surface area (Å²) in [5, 5.41) is 0. The normalized spacial score (nSPS) is 37.5. The van der Waals surface area contributed by atoms with E-state index in [-0.39, 0.29) is 5.97 Å². The molecule has 1 aromatic rings. The molecule has 166 valence electrons. The van der Waals surface area contributed by atoms with E-state index in [0.717, 1.165) is 18.3 Å². The van der Waals surface area contributed by atoms with E-state index >= 15 is 0 Å². The fraction of sp³-hybridized carbons (Fsp3) is 0.741. The number of benzene rings is 1. The van der Waals surface area contributed by atoms with Gasteiger partial charge in [-0.2, -0.15) is 0 Å². The number of esters is 1. The predicted octanol–water partition coefficient (Wildman–Crippen LogP) is 7.47. The first-order valence-electron chi connectivity index (χ1n) is 12.4. The lowest BCUT2D eigenvalue weighted by Gasteiger charge is -2.38. The van der Waals surface area contributed by atoms with Crippen LogP contribution in [0.3, 0.4) is 0 Å². The van der Waals surface area contributed by atoms with Crippen LogP contribution in [0.5, 0.6) is 5.75 Å². The third-order valence-corrected chi connectivity index (χ3v) is 8.43. The number of alkyl halides is 1. The minimum atomic E-state index is -1.06. The fourth-order valence-corrected chi connectivity index (χ4v) is 6.19. The average Bonchev–Trinajstić information content (AvgIpc) is 2.75. The molecule has 4 rings (SSSR count). The molecule has 0 saturated heterocycles. The van der Waals surface area contributed by atoms with Gasteiger partial charge in [-0.1, -0.05) is 51.7 Å². The first-order chi connectivity index (χ1) is 14.5. The van der Waals surface area contributed by atoms with E-state index in [1.165, 1.54) is 56.9 Å². The summed E-state index contributed by atoms with van der Waals surface area (Å²) in [7, 11) is 0. The summed E-state index contributed by atoms with van der Waals surface area (Å²) in [6.07, 6.45) is 11.2. The van der Waals surface area contributed by atoms with Gasteiger partial charge in [0.05, 0.1) is 5.92 Å². The second kappa shape index (κ2) is 9.83. The van der Waals surface area contributed by atoms with Crippen molar-refractivity contribution in [2.24, 2.45) is 29.6 Å². The van der Waals surface area contributed by atoms with Crippen molar-refractivity contribution in [2.75, 3.05) is 0 Å². The molecule has 0 bridgehead atoms. The Balaban J connectivity index is 1.28. The largest absolute Gasteiger partial charge is 0.426 e. The molecule has 3 unspecified atom stereocenters. The van der Waals surface area contributed by atoms with E-state index in [1.54, 1.807) is 0 Å². The molecule has 0 amide bonds. The molecule has 3 atom stereocenters. The highest BCUT2D eigenvalue weighted by molar-refractivity contribution is 5.76. The molecule has 0 aromatic heterocycles. The van der Waals surface area contributed by atoms with Gasteiger partial charge in [-0.25, -0.2) is 4.39 Å². The lowest BCUT2D eigenvalue weighted by Crippen LogP contribution is -2.37. The molecule has 3 aliphatic carbocycles. The van der Waals surface area contributed by atoms with Gasteiger partial charge in [-0.05, 0) is 92.2 Å². The first kappa shape index (κ1) is 21.8. The lowest BCUT2D eigenvalue weighted by atomic mass is 9.69. The van der Waals surface area contributed by atoms with E-state index in [9.17, 15) is 9.18 Å². The Kier molecular flexibility index (Phi) is 7.16. The molecule has 1 aromatic carbocycles. The Labute approximate surface area is 182 Å². The SMILES string of the molecule is CC1CCC(c2ccc(OC(=O)C3CCC(C4CCC(C)CC4)CC3F)cc2)CC1. The molecule has 3 heteroatoms. The first-order valence-corrected chi connectivity index (χ1v) is 12.4. The Morgan fingerprint density at radius 2 is 1.37 bits per heavy atom. The van der Waals surface area contributed by atoms with Gasteiger partial charge in [-0.15, -0.1) is 0 Å². The van der Waals surface area contributed by atoms with Crippen molar-refractivity contribution in [1.82, 2.24) is 0 Å². The number of ether oxygens (including phenoxy) is 1. The maximum absolute atomic E-state index is 14.9. The molecular formula is C27H39FO2. The van der Waals surface area contributed by atoms with Crippen LogP contribution in [0.15, 0.2) is 24.3 Å².